The van der Waals surface area contributed by atoms with Gasteiger partial charge in [0.25, 0.3) is 0 Å². The minimum atomic E-state index is -0.831. The third kappa shape index (κ3) is 7.08. The van der Waals surface area contributed by atoms with E-state index in [0.717, 1.165) is 0 Å². The standard InChI is InChI=1S/C35H52O11/c1-17(36)10-11-20-8-7-9-27(37)18(2)30(39)26-14-23-21(25(26)16-29(38)45-20)12-13-22-24(23)15-28(31(22)40)46-35-34(43-6)33(42-5)32(41-4)19(3)44-35/h10-14,17-25,27-28,31-37,40H,7-9,15-16H2,1-6H3. The number of methoxy groups -OCH3 is 3. The fourth-order valence-electron chi connectivity index (χ4n) is 8.42. The molecule has 16 unspecified atom stereocenters. The number of hydrogen-bond donors (Lipinski definition) is 3. The Balaban J connectivity index is 1.37. The number of aliphatic hydroxyl groups is 3. The molecule has 1 saturated carbocycles. The molecule has 0 amide bonds. The largest absolute Gasteiger partial charge is 0.458 e. The van der Waals surface area contributed by atoms with Gasteiger partial charge in [-0.05, 0) is 68.9 Å². The van der Waals surface area contributed by atoms with E-state index in [-0.39, 0.29) is 48.1 Å². The molecule has 3 aliphatic carbocycles. The van der Waals surface area contributed by atoms with Crippen molar-refractivity contribution in [3.8, 4) is 0 Å². The van der Waals surface area contributed by atoms with Crippen LogP contribution in [0.15, 0.2) is 36.0 Å². The van der Waals surface area contributed by atoms with Crippen LogP contribution in [0.5, 0.6) is 0 Å². The molecule has 0 bridgehead atoms. The van der Waals surface area contributed by atoms with Crippen LogP contribution in [0.3, 0.4) is 0 Å². The van der Waals surface area contributed by atoms with Crippen LogP contribution in [0, 0.1) is 35.5 Å². The van der Waals surface area contributed by atoms with Gasteiger partial charge < -0.3 is 43.7 Å². The molecule has 11 nitrogen and oxygen atoms in total. The average Bonchev–Trinajstić information content (AvgIpc) is 3.54. The second-order valence-corrected chi connectivity index (χ2v) is 13.7. The topological polar surface area (TPSA) is 150 Å². The summed E-state index contributed by atoms with van der Waals surface area (Å²) in [7, 11) is 4.76. The summed E-state index contributed by atoms with van der Waals surface area (Å²) in [5, 5.41) is 32.2. The fourth-order valence-corrected chi connectivity index (χ4v) is 8.42. The summed E-state index contributed by atoms with van der Waals surface area (Å²) in [6.07, 6.45) is 5.40. The third-order valence-electron chi connectivity index (χ3n) is 10.9. The van der Waals surface area contributed by atoms with Gasteiger partial charge in [0.15, 0.2) is 12.1 Å². The molecule has 3 fully saturated rings. The molecule has 0 aromatic carbocycles. The molecule has 5 aliphatic rings. The molecule has 0 aromatic heterocycles. The Morgan fingerprint density at radius 3 is 2.33 bits per heavy atom. The van der Waals surface area contributed by atoms with Crippen molar-refractivity contribution in [3.05, 3.63) is 36.0 Å². The highest BCUT2D eigenvalue weighted by Crippen LogP contribution is 2.54. The predicted molar refractivity (Wildman–Crippen MR) is 166 cm³/mol. The van der Waals surface area contributed by atoms with Crippen molar-refractivity contribution in [1.29, 1.82) is 0 Å². The van der Waals surface area contributed by atoms with Crippen LogP contribution in [0.2, 0.25) is 0 Å². The van der Waals surface area contributed by atoms with E-state index in [1.807, 2.05) is 25.2 Å². The number of hydrogen-bond acceptors (Lipinski definition) is 11. The molecule has 0 aromatic rings. The second-order valence-electron chi connectivity index (χ2n) is 13.7. The zero-order valence-electron chi connectivity index (χ0n) is 27.8. The third-order valence-corrected chi connectivity index (χ3v) is 10.9. The lowest BCUT2D eigenvalue weighted by Gasteiger charge is -2.44. The van der Waals surface area contributed by atoms with Crippen molar-refractivity contribution in [2.45, 2.75) is 114 Å². The summed E-state index contributed by atoms with van der Waals surface area (Å²) in [6, 6.07) is 0. The summed E-state index contributed by atoms with van der Waals surface area (Å²) >= 11 is 0. The van der Waals surface area contributed by atoms with E-state index in [9.17, 15) is 24.9 Å². The summed E-state index contributed by atoms with van der Waals surface area (Å²) in [5.74, 6) is -2.09. The SMILES string of the molecule is COC1C(C)OC(OC2CC3C(C=CC4C5CC(=O)OC(C=CC(C)O)CCCC(O)C(C)C(=O)C5=CC43)C2O)C(OC)C1OC. The minimum absolute atomic E-state index is 0.0210. The van der Waals surface area contributed by atoms with Crippen molar-refractivity contribution < 1.29 is 53.3 Å². The van der Waals surface area contributed by atoms with Crippen LogP contribution in [0.4, 0.5) is 0 Å². The molecule has 0 spiro atoms. The monoisotopic (exact) mass is 648 g/mol. The van der Waals surface area contributed by atoms with E-state index < -0.39 is 66.8 Å². The fraction of sp³-hybridized carbons (Fsp3) is 0.771. The Hall–Kier alpha value is -1.96. The van der Waals surface area contributed by atoms with E-state index in [1.165, 1.54) is 0 Å². The lowest BCUT2D eigenvalue weighted by Crippen LogP contribution is -2.60. The zero-order chi connectivity index (χ0) is 33.3. The van der Waals surface area contributed by atoms with Crippen molar-refractivity contribution in [2.24, 2.45) is 35.5 Å². The number of rotatable bonds is 7. The molecule has 5 rings (SSSR count). The van der Waals surface area contributed by atoms with E-state index in [0.29, 0.717) is 31.3 Å². The first kappa shape index (κ1) is 35.3. The number of carbonyl (C=O) groups excluding carboxylic acids is 2. The Bertz CT molecular complexity index is 1170. The van der Waals surface area contributed by atoms with E-state index >= 15 is 0 Å². The Morgan fingerprint density at radius 2 is 1.65 bits per heavy atom. The lowest BCUT2D eigenvalue weighted by atomic mass is 9.70. The maximum absolute atomic E-state index is 13.9. The zero-order valence-corrected chi connectivity index (χ0v) is 27.8. The highest BCUT2D eigenvalue weighted by atomic mass is 16.7. The Labute approximate surface area is 271 Å². The van der Waals surface area contributed by atoms with Gasteiger partial charge in [0.1, 0.15) is 24.4 Å². The number of cyclic esters (lactones) is 1. The number of ether oxygens (including phenoxy) is 6. The van der Waals surface area contributed by atoms with Crippen LogP contribution < -0.4 is 0 Å². The summed E-state index contributed by atoms with van der Waals surface area (Å²) in [4.78, 5) is 27.2. The first-order valence-corrected chi connectivity index (χ1v) is 16.7. The van der Waals surface area contributed by atoms with Gasteiger partial charge in [-0.25, -0.2) is 0 Å². The average molecular weight is 649 g/mol. The van der Waals surface area contributed by atoms with Gasteiger partial charge in [0.2, 0.25) is 0 Å². The van der Waals surface area contributed by atoms with Crippen LogP contribution in [-0.4, -0.2) is 110 Å². The molecule has 11 heteroatoms. The van der Waals surface area contributed by atoms with Gasteiger partial charge in [0, 0.05) is 39.1 Å². The van der Waals surface area contributed by atoms with Crippen LogP contribution in [0.25, 0.3) is 0 Å². The van der Waals surface area contributed by atoms with Gasteiger partial charge >= 0.3 is 5.97 Å². The molecule has 258 valence electrons. The van der Waals surface area contributed by atoms with Gasteiger partial charge in [-0.15, -0.1) is 0 Å². The summed E-state index contributed by atoms with van der Waals surface area (Å²) in [5.41, 5.74) is 0.553. The number of esters is 1. The molecule has 2 saturated heterocycles. The van der Waals surface area contributed by atoms with Gasteiger partial charge in [0.05, 0.1) is 36.9 Å². The molecule has 3 N–H and O–H groups in total. The number of fused-ring (bicyclic) bond motifs is 5. The smallest absolute Gasteiger partial charge is 0.307 e. The van der Waals surface area contributed by atoms with Gasteiger partial charge in [-0.3, -0.25) is 9.59 Å². The summed E-state index contributed by atoms with van der Waals surface area (Å²) in [6.45, 7) is 5.27. The first-order valence-electron chi connectivity index (χ1n) is 16.7. The van der Waals surface area contributed by atoms with E-state index in [1.54, 1.807) is 47.3 Å². The molecule has 2 aliphatic heterocycles. The Kier molecular flexibility index (Phi) is 11.6. The molecular weight excluding hydrogens is 596 g/mol. The molecular formula is C35H52O11. The van der Waals surface area contributed by atoms with Crippen molar-refractivity contribution in [1.82, 2.24) is 0 Å². The van der Waals surface area contributed by atoms with Crippen LogP contribution >= 0.6 is 0 Å². The quantitative estimate of drug-likeness (QED) is 0.276. The Morgan fingerprint density at radius 1 is 0.957 bits per heavy atom. The van der Waals surface area contributed by atoms with Crippen molar-refractivity contribution in [2.75, 3.05) is 21.3 Å². The first-order chi connectivity index (χ1) is 22.0. The number of aliphatic hydroxyl groups excluding tert-OH is 3. The molecule has 0 radical (unpaired) electrons. The maximum Gasteiger partial charge on any atom is 0.307 e. The minimum Gasteiger partial charge on any atom is -0.458 e. The number of carbonyl (C=O) groups is 2. The van der Waals surface area contributed by atoms with Crippen molar-refractivity contribution >= 4 is 11.8 Å². The second kappa shape index (κ2) is 15.1. The van der Waals surface area contributed by atoms with Crippen LogP contribution in [-0.2, 0) is 38.0 Å². The number of Topliss-reactive ketones (excluding diaryl/α,β-unsaturated/α-hetero) is 1. The highest BCUT2D eigenvalue weighted by Gasteiger charge is 2.55. The number of ketones is 1. The van der Waals surface area contributed by atoms with Gasteiger partial charge in [-0.1, -0.05) is 31.2 Å². The van der Waals surface area contributed by atoms with Gasteiger partial charge in [-0.2, -0.15) is 0 Å². The van der Waals surface area contributed by atoms with E-state index in [2.05, 4.69) is 0 Å². The normalized spacial score (nSPS) is 45.7. The van der Waals surface area contributed by atoms with E-state index in [4.69, 9.17) is 28.4 Å². The molecule has 2 heterocycles. The maximum atomic E-state index is 13.9. The predicted octanol–water partition coefficient (Wildman–Crippen LogP) is 2.51. The highest BCUT2D eigenvalue weighted by molar-refractivity contribution is 5.99. The summed E-state index contributed by atoms with van der Waals surface area (Å²) < 4.78 is 35.6. The lowest BCUT2D eigenvalue weighted by molar-refractivity contribution is -0.319. The van der Waals surface area contributed by atoms with Crippen LogP contribution in [0.1, 0.15) is 52.9 Å². The number of allylic oxidation sites excluding steroid dienone is 3. The molecule has 16 atom stereocenters. The van der Waals surface area contributed by atoms with Crippen molar-refractivity contribution in [3.63, 3.8) is 0 Å². The molecule has 46 heavy (non-hydrogen) atoms.